The molecule has 0 spiro atoms. The third-order valence-corrected chi connectivity index (χ3v) is 19.8. The maximum absolute atomic E-state index is 11.8. The summed E-state index contributed by atoms with van der Waals surface area (Å²) in [6, 6.07) is 98.9. The molecule has 0 saturated carbocycles. The molecule has 15 aromatic rings. The summed E-state index contributed by atoms with van der Waals surface area (Å²) in [6.07, 6.45) is 0.734. The first-order valence-electron chi connectivity index (χ1n) is 30.2. The summed E-state index contributed by atoms with van der Waals surface area (Å²) < 4.78 is 8.47. The van der Waals surface area contributed by atoms with Crippen molar-refractivity contribution in [2.75, 3.05) is 0 Å². The van der Waals surface area contributed by atoms with Crippen LogP contribution in [0, 0.1) is 18.0 Å². The van der Waals surface area contributed by atoms with Gasteiger partial charge in [-0.05, 0) is 125 Å². The molecule has 0 saturated heterocycles. The van der Waals surface area contributed by atoms with Gasteiger partial charge in [-0.2, -0.15) is 15.3 Å². The van der Waals surface area contributed by atoms with Crippen LogP contribution in [0.25, 0.3) is 32.7 Å². The number of fused-ring (bicyclic) bond motifs is 3. The molecule has 9 aromatic carbocycles. The Kier molecular flexibility index (Phi) is 19.5. The second-order valence-electron chi connectivity index (χ2n) is 22.2. The molecule has 466 valence electrons. The largest absolute Gasteiger partial charge is 0.390 e. The minimum atomic E-state index is -0.795. The summed E-state index contributed by atoms with van der Waals surface area (Å²) >= 11 is 25.9. The summed E-state index contributed by atoms with van der Waals surface area (Å²) in [5.74, 6) is 0. The van der Waals surface area contributed by atoms with Crippen LogP contribution >= 0.6 is 103 Å². The lowest BCUT2D eigenvalue weighted by molar-refractivity contribution is 0.112. The van der Waals surface area contributed by atoms with Crippen molar-refractivity contribution in [2.24, 2.45) is 0 Å². The lowest BCUT2D eigenvalue weighted by atomic mass is 9.77. The average molecular weight is 1640 g/mol. The quantitative estimate of drug-likeness (QED) is 0.0493. The molecular formula is C78H55Cl3I3N9O2. The molecule has 0 aliphatic rings. The van der Waals surface area contributed by atoms with Gasteiger partial charge in [-0.15, -0.1) is 0 Å². The van der Waals surface area contributed by atoms with Crippen molar-refractivity contribution in [2.45, 2.75) is 30.1 Å². The normalized spacial score (nSPS) is 11.7. The van der Waals surface area contributed by atoms with Gasteiger partial charge in [-0.3, -0.25) is 4.79 Å². The van der Waals surface area contributed by atoms with Gasteiger partial charge >= 0.3 is 0 Å². The average Bonchev–Trinajstić information content (AvgIpc) is 1.68. The molecule has 0 aliphatic heterocycles. The van der Waals surface area contributed by atoms with E-state index in [1.807, 2.05) is 156 Å². The molecule has 15 rings (SSSR count). The van der Waals surface area contributed by atoms with Crippen molar-refractivity contribution in [1.29, 1.82) is 0 Å². The maximum Gasteiger partial charge on any atom is 0.169 e. The van der Waals surface area contributed by atoms with E-state index in [1.54, 1.807) is 6.07 Å². The highest BCUT2D eigenvalue weighted by molar-refractivity contribution is 14.1. The molecule has 0 aliphatic carbocycles. The molecule has 17 heteroatoms. The van der Waals surface area contributed by atoms with E-state index in [-0.39, 0.29) is 17.5 Å². The van der Waals surface area contributed by atoms with Crippen LogP contribution in [-0.2, 0) is 23.2 Å². The van der Waals surface area contributed by atoms with Crippen molar-refractivity contribution < 1.29 is 9.90 Å². The zero-order valence-electron chi connectivity index (χ0n) is 50.6. The van der Waals surface area contributed by atoms with E-state index >= 15 is 0 Å². The number of aliphatic hydroxyl groups excluding tert-OH is 1. The van der Waals surface area contributed by atoms with E-state index in [9.17, 15) is 9.90 Å². The van der Waals surface area contributed by atoms with E-state index in [2.05, 4.69) is 233 Å². The van der Waals surface area contributed by atoms with Crippen molar-refractivity contribution in [3.8, 4) is 0 Å². The molecule has 1 N–H and O–H groups in total. The van der Waals surface area contributed by atoms with Crippen LogP contribution in [0.3, 0.4) is 0 Å². The number of carbonyl (C=O) groups excluding carboxylic acids is 1. The van der Waals surface area contributed by atoms with Crippen LogP contribution in [-0.4, -0.2) is 55.7 Å². The zero-order chi connectivity index (χ0) is 65.7. The van der Waals surface area contributed by atoms with Gasteiger partial charge in [0.05, 0.1) is 50.7 Å². The standard InChI is InChI=1S/C26H19ClIN3O.C26H17ClIN3O.C26H19ClIN3/c2*27-23-16-22-24(21(17-32)29-23)25(28)30-31(22)26(18-10-4-1-5-11-18,19-12-6-2-7-13-19)20-14-8-3-9-15-20;1-18-24-22(17-23(27)29-18)31(30-25(24)28)26(19-11-5-2-6-12-19,20-13-7-3-8-14-20)21-15-9-4-10-16-21/h1-16,32H,17H2;1-17H;2-17H,1H3. The van der Waals surface area contributed by atoms with Crippen LogP contribution in [0.15, 0.2) is 291 Å². The van der Waals surface area contributed by atoms with E-state index < -0.39 is 16.6 Å². The topological polar surface area (TPSA) is 129 Å². The number of aromatic nitrogens is 9. The number of rotatable bonds is 14. The van der Waals surface area contributed by atoms with Gasteiger partial charge in [0.2, 0.25) is 0 Å². The van der Waals surface area contributed by atoms with Crippen LogP contribution in [0.5, 0.6) is 0 Å². The predicted molar refractivity (Wildman–Crippen MR) is 406 cm³/mol. The summed E-state index contributed by atoms with van der Waals surface area (Å²) in [5.41, 5.74) is 11.7. The Hall–Kier alpha value is -8.47. The molecular weight excluding hydrogens is 1580 g/mol. The molecule has 95 heavy (non-hydrogen) atoms. The van der Waals surface area contributed by atoms with Crippen molar-refractivity contribution in [3.05, 3.63) is 385 Å². The molecule has 6 heterocycles. The SMILES string of the molecule is Cc1nc(Cl)cc2c1c(I)nn2C(c1ccccc1)(c1ccccc1)c1ccccc1.O=Cc1nc(Cl)cc2c1c(I)nn2C(c1ccccc1)(c1ccccc1)c1ccccc1.OCc1nc(Cl)cc2c1c(I)nn2C(c1ccccc1)(c1ccccc1)c1ccccc1. The lowest BCUT2D eigenvalue weighted by Gasteiger charge is -2.37. The number of aldehydes is 1. The third kappa shape index (κ3) is 11.9. The highest BCUT2D eigenvalue weighted by atomic mass is 127. The third-order valence-electron chi connectivity index (χ3n) is 17.0. The van der Waals surface area contributed by atoms with E-state index in [0.717, 1.165) is 96.8 Å². The first-order valence-corrected chi connectivity index (χ1v) is 34.6. The summed E-state index contributed by atoms with van der Waals surface area (Å²) in [6.45, 7) is 1.77. The second kappa shape index (κ2) is 28.5. The summed E-state index contributed by atoms with van der Waals surface area (Å²) in [4.78, 5) is 24.9. The number of hydrogen-bond donors (Lipinski definition) is 1. The predicted octanol–water partition coefficient (Wildman–Crippen LogP) is 19.2. The fraction of sp³-hybridized carbons (Fsp3) is 0.0641. The molecule has 0 fully saturated rings. The van der Waals surface area contributed by atoms with Crippen molar-refractivity contribution in [3.63, 3.8) is 0 Å². The maximum atomic E-state index is 11.8. The van der Waals surface area contributed by atoms with Crippen LogP contribution in [0.2, 0.25) is 15.5 Å². The smallest absolute Gasteiger partial charge is 0.169 e. The fourth-order valence-corrected chi connectivity index (χ4v) is 16.2. The molecule has 0 unspecified atom stereocenters. The Morgan fingerprint density at radius 1 is 0.358 bits per heavy atom. The van der Waals surface area contributed by atoms with Crippen LogP contribution in [0.4, 0.5) is 0 Å². The van der Waals surface area contributed by atoms with Gasteiger partial charge < -0.3 is 5.11 Å². The minimum absolute atomic E-state index is 0.215. The zero-order valence-corrected chi connectivity index (χ0v) is 59.4. The fourth-order valence-electron chi connectivity index (χ4n) is 13.1. The van der Waals surface area contributed by atoms with Gasteiger partial charge in [-0.1, -0.05) is 308 Å². The monoisotopic (exact) mass is 1640 g/mol. The molecule has 11 nitrogen and oxygen atoms in total. The Morgan fingerprint density at radius 2 is 0.589 bits per heavy atom. The Balaban J connectivity index is 0.000000129. The molecule has 0 bridgehead atoms. The number of nitrogens with zero attached hydrogens (tertiary/aromatic N) is 9. The van der Waals surface area contributed by atoms with Gasteiger partial charge in [0.1, 0.15) is 48.9 Å². The van der Waals surface area contributed by atoms with Crippen LogP contribution < -0.4 is 0 Å². The van der Waals surface area contributed by atoms with Crippen molar-refractivity contribution >= 4 is 142 Å². The Bertz CT molecular complexity index is 4870. The number of benzene rings is 9. The van der Waals surface area contributed by atoms with Crippen molar-refractivity contribution in [1.82, 2.24) is 44.3 Å². The second-order valence-corrected chi connectivity index (χ2v) is 26.5. The Morgan fingerprint density at radius 3 is 0.863 bits per heavy atom. The first kappa shape index (κ1) is 65.2. The van der Waals surface area contributed by atoms with Gasteiger partial charge in [0.25, 0.3) is 0 Å². The Labute approximate surface area is 604 Å². The lowest BCUT2D eigenvalue weighted by Crippen LogP contribution is -2.38. The number of hydrogen-bond acceptors (Lipinski definition) is 8. The summed E-state index contributed by atoms with van der Waals surface area (Å²) in [5, 5.41) is 28.7. The number of carbonyl (C=O) groups is 1. The minimum Gasteiger partial charge on any atom is -0.390 e. The molecule has 0 radical (unpaired) electrons. The first-order chi connectivity index (χ1) is 46.4. The van der Waals surface area contributed by atoms with Gasteiger partial charge in [0, 0.05) is 18.2 Å². The van der Waals surface area contributed by atoms with Gasteiger partial charge in [-0.25, -0.2) is 29.0 Å². The highest BCUT2D eigenvalue weighted by Crippen LogP contribution is 2.47. The highest BCUT2D eigenvalue weighted by Gasteiger charge is 2.44. The molecule has 0 atom stereocenters. The van der Waals surface area contributed by atoms with E-state index in [0.29, 0.717) is 25.1 Å². The molecule has 6 aromatic heterocycles. The van der Waals surface area contributed by atoms with Gasteiger partial charge in [0.15, 0.2) is 6.29 Å². The van der Waals surface area contributed by atoms with E-state index in [1.165, 1.54) is 0 Å². The van der Waals surface area contributed by atoms with Crippen LogP contribution in [0.1, 0.15) is 71.9 Å². The number of aliphatic hydroxyl groups is 1. The molecule has 0 amide bonds. The number of aryl methyl sites for hydroxylation is 1. The number of pyridine rings is 3. The summed E-state index contributed by atoms with van der Waals surface area (Å²) in [7, 11) is 0. The van der Waals surface area contributed by atoms with E-state index in [4.69, 9.17) is 50.1 Å². The number of halogens is 6.